The second kappa shape index (κ2) is 14.3. The summed E-state index contributed by atoms with van der Waals surface area (Å²) >= 11 is 1.57. The van der Waals surface area contributed by atoms with Gasteiger partial charge in [0.1, 0.15) is 0 Å². The minimum absolute atomic E-state index is 0.0332. The molecule has 1 fully saturated rings. The molecule has 0 spiro atoms. The normalized spacial score (nSPS) is 20.3. The Hall–Kier alpha value is -3.70. The zero-order valence-corrected chi connectivity index (χ0v) is 23.4. The molecule has 1 aliphatic heterocycles. The molecule has 4 unspecified atom stereocenters. The number of carbonyl (C=O) groups is 3. The molecule has 0 aromatic heterocycles. The van der Waals surface area contributed by atoms with Crippen LogP contribution in [-0.4, -0.2) is 45.0 Å². The van der Waals surface area contributed by atoms with E-state index in [0.717, 1.165) is 21.6 Å². The van der Waals surface area contributed by atoms with Gasteiger partial charge in [0, 0.05) is 40.7 Å². The summed E-state index contributed by atoms with van der Waals surface area (Å²) in [7, 11) is 0. The number of thioether (sulfide) groups is 1. The Kier molecular flexibility index (Phi) is 10.5. The van der Waals surface area contributed by atoms with Crippen molar-refractivity contribution in [2.24, 2.45) is 5.92 Å². The summed E-state index contributed by atoms with van der Waals surface area (Å²) in [4.78, 5) is 35.2. The van der Waals surface area contributed by atoms with Crippen LogP contribution in [0.2, 0.25) is 0 Å². The van der Waals surface area contributed by atoms with E-state index in [9.17, 15) is 24.6 Å². The van der Waals surface area contributed by atoms with E-state index in [1.807, 2.05) is 30.3 Å². The average molecular weight is 580 g/mol. The van der Waals surface area contributed by atoms with Crippen molar-refractivity contribution >= 4 is 35.3 Å². The largest absolute Gasteiger partial charge is 0.481 e. The van der Waals surface area contributed by atoms with Crippen molar-refractivity contribution in [2.45, 2.75) is 56.2 Å². The van der Waals surface area contributed by atoms with E-state index in [1.165, 1.54) is 0 Å². The number of anilines is 1. The number of rotatable bonds is 12. The molecule has 41 heavy (non-hydrogen) atoms. The van der Waals surface area contributed by atoms with Crippen molar-refractivity contribution < 1.29 is 39.2 Å². The van der Waals surface area contributed by atoms with Gasteiger partial charge in [-0.05, 0) is 53.9 Å². The molecule has 0 radical (unpaired) electrons. The maximum atomic E-state index is 12.3. The summed E-state index contributed by atoms with van der Waals surface area (Å²) in [5, 5.41) is 30.3. The molecule has 0 saturated carbocycles. The Bertz CT molecular complexity index is 1340. The van der Waals surface area contributed by atoms with Gasteiger partial charge in [0.2, 0.25) is 5.91 Å². The molecule has 4 N–H and O–H groups in total. The molecule has 0 bridgehead atoms. The molecule has 10 heteroatoms. The molecule has 4 atom stereocenters. The van der Waals surface area contributed by atoms with Gasteiger partial charge in [-0.25, -0.2) is 4.79 Å². The fourth-order valence-corrected chi connectivity index (χ4v) is 5.64. The monoisotopic (exact) mass is 579 g/mol. The maximum absolute atomic E-state index is 12.3. The summed E-state index contributed by atoms with van der Waals surface area (Å²) in [6.45, 7) is 2.01. The molecule has 9 nitrogen and oxygen atoms in total. The van der Waals surface area contributed by atoms with Crippen LogP contribution < -0.4 is 5.32 Å². The quantitative estimate of drug-likeness (QED) is 0.200. The number of aromatic carboxylic acids is 1. The topological polar surface area (TPSA) is 142 Å². The van der Waals surface area contributed by atoms with E-state index in [1.54, 1.807) is 54.2 Å². The van der Waals surface area contributed by atoms with Gasteiger partial charge in [0.25, 0.3) is 0 Å². The fourth-order valence-electron chi connectivity index (χ4n) is 4.57. The molecule has 0 aliphatic carbocycles. The first kappa shape index (κ1) is 30.3. The minimum atomic E-state index is -0.973. The summed E-state index contributed by atoms with van der Waals surface area (Å²) in [6, 6.07) is 21.5. The molecule has 4 rings (SSSR count). The van der Waals surface area contributed by atoms with Crippen molar-refractivity contribution in [1.29, 1.82) is 0 Å². The lowest BCUT2D eigenvalue weighted by atomic mass is 9.91. The van der Waals surface area contributed by atoms with E-state index in [0.29, 0.717) is 11.4 Å². The van der Waals surface area contributed by atoms with Gasteiger partial charge in [-0.15, -0.1) is 11.8 Å². The van der Waals surface area contributed by atoms with Crippen LogP contribution in [-0.2, 0) is 25.7 Å². The smallest absolute Gasteiger partial charge is 0.335 e. The highest BCUT2D eigenvalue weighted by atomic mass is 32.2. The molecule has 1 amide bonds. The number of carboxylic acid groups (broad SMARTS) is 2. The van der Waals surface area contributed by atoms with E-state index < -0.39 is 18.2 Å². The van der Waals surface area contributed by atoms with Crippen molar-refractivity contribution in [1.82, 2.24) is 0 Å². The van der Waals surface area contributed by atoms with E-state index >= 15 is 0 Å². The summed E-state index contributed by atoms with van der Waals surface area (Å²) in [6.07, 6.45) is -0.978. The molecule has 3 aromatic carbocycles. The highest BCUT2D eigenvalue weighted by molar-refractivity contribution is 7.99. The lowest BCUT2D eigenvalue weighted by molar-refractivity contribution is -0.268. The number of ether oxygens (including phenoxy) is 2. The number of nitrogens with one attached hydrogen (secondary N) is 1. The minimum Gasteiger partial charge on any atom is -0.481 e. The van der Waals surface area contributed by atoms with Crippen molar-refractivity contribution in [3.8, 4) is 0 Å². The molecule has 1 aliphatic rings. The molecule has 1 saturated heterocycles. The van der Waals surface area contributed by atoms with Crippen molar-refractivity contribution in [3.63, 3.8) is 0 Å². The third-order valence-corrected chi connectivity index (χ3v) is 7.98. The fraction of sp³-hybridized carbons (Fsp3) is 0.323. The Morgan fingerprint density at radius 1 is 0.902 bits per heavy atom. The Labute approximate surface area is 242 Å². The van der Waals surface area contributed by atoms with Crippen LogP contribution in [0.25, 0.3) is 0 Å². The van der Waals surface area contributed by atoms with E-state index in [4.69, 9.17) is 14.6 Å². The zero-order chi connectivity index (χ0) is 29.4. The summed E-state index contributed by atoms with van der Waals surface area (Å²) in [5.74, 6) is -1.62. The summed E-state index contributed by atoms with van der Waals surface area (Å²) < 4.78 is 12.9. The number of aliphatic hydroxyl groups is 1. The molecular weight excluding hydrogens is 546 g/mol. The van der Waals surface area contributed by atoms with Gasteiger partial charge in [0.15, 0.2) is 6.29 Å². The lowest BCUT2D eigenvalue weighted by Crippen LogP contribution is -2.38. The van der Waals surface area contributed by atoms with E-state index in [-0.39, 0.29) is 55.5 Å². The SMILES string of the molecule is CC1C(CSc2ccc(C(=O)O)cc2)OC(c2cccc(NC(=O)CCCC(=O)O)c2)OC1c1ccc(CO)cc1. The van der Waals surface area contributed by atoms with Crippen LogP contribution in [0.1, 0.15) is 65.6 Å². The number of amides is 1. The number of aliphatic carboxylic acids is 1. The number of hydrogen-bond donors (Lipinski definition) is 4. The third kappa shape index (κ3) is 8.40. The van der Waals surface area contributed by atoms with Gasteiger partial charge in [-0.3, -0.25) is 9.59 Å². The van der Waals surface area contributed by atoms with Crippen LogP contribution in [0, 0.1) is 5.92 Å². The van der Waals surface area contributed by atoms with Gasteiger partial charge in [0.05, 0.1) is 24.4 Å². The number of carboxylic acids is 2. The summed E-state index contributed by atoms with van der Waals surface area (Å²) in [5.41, 5.74) is 3.26. The number of benzene rings is 3. The standard InChI is InChI=1S/C31H33NO8S/c1-19-26(18-41-25-14-12-22(13-15-25)30(37)38)39-31(40-29(19)21-10-8-20(17-33)9-11-21)23-4-2-5-24(16-23)32-27(34)6-3-7-28(35)36/h2,4-5,8-16,19,26,29,31,33H,3,6-7,17-18H2,1H3,(H,32,34)(H,35,36)(H,37,38). The highest BCUT2D eigenvalue weighted by Gasteiger charge is 2.38. The average Bonchev–Trinajstić information content (AvgIpc) is 2.97. The number of carbonyl (C=O) groups excluding carboxylic acids is 1. The van der Waals surface area contributed by atoms with Gasteiger partial charge >= 0.3 is 11.9 Å². The number of hydrogen-bond acceptors (Lipinski definition) is 7. The Balaban J connectivity index is 1.52. The van der Waals surface area contributed by atoms with Crippen LogP contribution in [0.5, 0.6) is 0 Å². The highest BCUT2D eigenvalue weighted by Crippen LogP contribution is 2.43. The molecule has 216 valence electrons. The second-order valence-electron chi connectivity index (χ2n) is 9.88. The predicted octanol–water partition coefficient (Wildman–Crippen LogP) is 5.65. The third-order valence-electron chi connectivity index (χ3n) is 6.88. The number of aliphatic hydroxyl groups excluding tert-OH is 1. The van der Waals surface area contributed by atoms with Crippen molar-refractivity contribution in [2.75, 3.05) is 11.1 Å². The zero-order valence-electron chi connectivity index (χ0n) is 22.6. The molecule has 1 heterocycles. The van der Waals surface area contributed by atoms with Crippen LogP contribution in [0.4, 0.5) is 5.69 Å². The van der Waals surface area contributed by atoms with Gasteiger partial charge < -0.3 is 30.1 Å². The van der Waals surface area contributed by atoms with Crippen LogP contribution in [0.3, 0.4) is 0 Å². The van der Waals surface area contributed by atoms with Crippen LogP contribution >= 0.6 is 11.8 Å². The van der Waals surface area contributed by atoms with Gasteiger partial charge in [-0.1, -0.05) is 43.3 Å². The second-order valence-corrected chi connectivity index (χ2v) is 11.0. The predicted molar refractivity (Wildman–Crippen MR) is 154 cm³/mol. The Morgan fingerprint density at radius 3 is 2.29 bits per heavy atom. The first-order valence-electron chi connectivity index (χ1n) is 13.3. The lowest BCUT2D eigenvalue weighted by Gasteiger charge is -2.41. The first-order valence-corrected chi connectivity index (χ1v) is 14.3. The van der Waals surface area contributed by atoms with Crippen LogP contribution in [0.15, 0.2) is 77.7 Å². The van der Waals surface area contributed by atoms with Crippen molar-refractivity contribution in [3.05, 3.63) is 95.1 Å². The Morgan fingerprint density at radius 2 is 1.63 bits per heavy atom. The molecule has 3 aromatic rings. The maximum Gasteiger partial charge on any atom is 0.335 e. The molecular formula is C31H33NO8S. The van der Waals surface area contributed by atoms with Gasteiger partial charge in [-0.2, -0.15) is 0 Å². The van der Waals surface area contributed by atoms with E-state index in [2.05, 4.69) is 12.2 Å². The first-order chi connectivity index (χ1) is 19.7.